The van der Waals surface area contributed by atoms with Crippen LogP contribution >= 0.6 is 0 Å². The molecular formula is C13H18O11. The van der Waals surface area contributed by atoms with Crippen LogP contribution in [0.3, 0.4) is 0 Å². The lowest BCUT2D eigenvalue weighted by Gasteiger charge is -2.20. The van der Waals surface area contributed by atoms with Crippen LogP contribution in [0.1, 0.15) is 19.3 Å². The fourth-order valence-corrected chi connectivity index (χ4v) is 1.66. The van der Waals surface area contributed by atoms with Crippen LogP contribution in [0.5, 0.6) is 0 Å². The summed E-state index contributed by atoms with van der Waals surface area (Å²) in [5, 5.41) is 27.0. The van der Waals surface area contributed by atoms with Crippen LogP contribution in [-0.4, -0.2) is 71.6 Å². The summed E-state index contributed by atoms with van der Waals surface area (Å²) < 4.78 is 13.4. The molecule has 0 aliphatic heterocycles. The predicted octanol–water partition coefficient (Wildman–Crippen LogP) is -1.44. The van der Waals surface area contributed by atoms with Crippen molar-refractivity contribution >= 4 is 29.8 Å². The number of ether oxygens (including phenoxy) is 3. The van der Waals surface area contributed by atoms with Crippen LogP contribution in [-0.2, 0) is 38.2 Å². The number of rotatable bonds is 10. The summed E-state index contributed by atoms with van der Waals surface area (Å²) >= 11 is 0. The molecular weight excluding hydrogens is 332 g/mol. The maximum Gasteiger partial charge on any atom is 0.336 e. The third kappa shape index (κ3) is 6.60. The van der Waals surface area contributed by atoms with Gasteiger partial charge in [-0.05, 0) is 0 Å². The van der Waals surface area contributed by atoms with Gasteiger partial charge in [0, 0.05) is 6.42 Å². The lowest BCUT2D eigenvalue weighted by molar-refractivity contribution is -0.172. The fourth-order valence-electron chi connectivity index (χ4n) is 1.66. The van der Waals surface area contributed by atoms with Crippen molar-refractivity contribution in [3.63, 3.8) is 0 Å². The van der Waals surface area contributed by atoms with Gasteiger partial charge >= 0.3 is 29.8 Å². The highest BCUT2D eigenvalue weighted by Crippen LogP contribution is 2.17. The second-order valence-corrected chi connectivity index (χ2v) is 4.69. The van der Waals surface area contributed by atoms with Gasteiger partial charge in [0.1, 0.15) is 0 Å². The van der Waals surface area contributed by atoms with E-state index in [1.807, 2.05) is 0 Å². The summed E-state index contributed by atoms with van der Waals surface area (Å²) in [7, 11) is 2.09. The largest absolute Gasteiger partial charge is 0.481 e. The predicted molar refractivity (Wildman–Crippen MR) is 72.6 cm³/mol. The first-order valence-electron chi connectivity index (χ1n) is 6.56. The van der Waals surface area contributed by atoms with Crippen LogP contribution < -0.4 is 0 Å². The number of carboxylic acids is 2. The minimum atomic E-state index is -2.83. The van der Waals surface area contributed by atoms with Crippen molar-refractivity contribution in [2.75, 3.05) is 20.8 Å². The van der Waals surface area contributed by atoms with Crippen LogP contribution in [0, 0.1) is 5.92 Å². The van der Waals surface area contributed by atoms with E-state index in [0.717, 1.165) is 14.2 Å². The van der Waals surface area contributed by atoms with E-state index in [2.05, 4.69) is 14.2 Å². The Labute approximate surface area is 136 Å². The van der Waals surface area contributed by atoms with Crippen molar-refractivity contribution in [2.45, 2.75) is 24.9 Å². The first kappa shape index (κ1) is 21.3. The van der Waals surface area contributed by atoms with Gasteiger partial charge in [0.05, 0.1) is 33.7 Å². The Morgan fingerprint density at radius 3 is 1.83 bits per heavy atom. The van der Waals surface area contributed by atoms with E-state index >= 15 is 0 Å². The number of hydrogen-bond donors (Lipinski definition) is 3. The third-order valence-corrected chi connectivity index (χ3v) is 2.92. The Morgan fingerprint density at radius 2 is 1.46 bits per heavy atom. The van der Waals surface area contributed by atoms with Gasteiger partial charge < -0.3 is 29.5 Å². The van der Waals surface area contributed by atoms with Crippen molar-refractivity contribution in [1.82, 2.24) is 0 Å². The van der Waals surface area contributed by atoms with Crippen molar-refractivity contribution in [3.8, 4) is 0 Å². The van der Waals surface area contributed by atoms with Gasteiger partial charge in [-0.1, -0.05) is 0 Å². The molecule has 3 N–H and O–H groups in total. The maximum atomic E-state index is 11.5. The number of hydrogen-bond acceptors (Lipinski definition) is 9. The van der Waals surface area contributed by atoms with E-state index in [9.17, 15) is 29.1 Å². The van der Waals surface area contributed by atoms with E-state index in [1.165, 1.54) is 0 Å². The molecule has 11 nitrogen and oxygen atoms in total. The molecule has 0 fully saturated rings. The molecule has 0 bridgehead atoms. The van der Waals surface area contributed by atoms with Crippen LogP contribution in [0.15, 0.2) is 0 Å². The van der Waals surface area contributed by atoms with Gasteiger partial charge in [0.2, 0.25) is 0 Å². The smallest absolute Gasteiger partial charge is 0.336 e. The number of aliphatic hydroxyl groups is 1. The maximum absolute atomic E-state index is 11.5. The average molecular weight is 350 g/mol. The van der Waals surface area contributed by atoms with E-state index in [-0.39, 0.29) is 6.42 Å². The van der Waals surface area contributed by atoms with Crippen LogP contribution in [0.2, 0.25) is 0 Å². The lowest BCUT2D eigenvalue weighted by Crippen LogP contribution is -2.43. The monoisotopic (exact) mass is 350 g/mol. The highest BCUT2D eigenvalue weighted by atomic mass is 16.5. The SMILES string of the molecule is COC(=O)C(CCOC(=O)CC(O)(CC(=O)O)C(=O)O)C(=O)OC. The summed E-state index contributed by atoms with van der Waals surface area (Å²) in [4.78, 5) is 55.7. The van der Waals surface area contributed by atoms with Crippen LogP contribution in [0.4, 0.5) is 0 Å². The van der Waals surface area contributed by atoms with Gasteiger partial charge in [-0.2, -0.15) is 0 Å². The summed E-state index contributed by atoms with van der Waals surface area (Å²) in [6.45, 7) is -0.476. The first-order valence-corrected chi connectivity index (χ1v) is 6.56. The quantitative estimate of drug-likeness (QED) is 0.239. The Bertz CT molecular complexity index is 496. The molecule has 1 unspecified atom stereocenters. The highest BCUT2D eigenvalue weighted by molar-refractivity contribution is 5.94. The van der Waals surface area contributed by atoms with Crippen molar-refractivity contribution < 1.29 is 53.5 Å². The van der Waals surface area contributed by atoms with E-state index < -0.39 is 60.8 Å². The number of carbonyl (C=O) groups excluding carboxylic acids is 3. The summed E-state index contributed by atoms with van der Waals surface area (Å²) in [5.74, 6) is -7.90. The number of carboxylic acid groups (broad SMARTS) is 2. The molecule has 11 heteroatoms. The fraction of sp³-hybridized carbons (Fsp3) is 0.615. The summed E-state index contributed by atoms with van der Waals surface area (Å²) in [6, 6.07) is 0. The zero-order valence-corrected chi connectivity index (χ0v) is 13.0. The molecule has 0 aromatic rings. The minimum absolute atomic E-state index is 0.296. The molecule has 0 saturated heterocycles. The van der Waals surface area contributed by atoms with E-state index in [0.29, 0.717) is 0 Å². The van der Waals surface area contributed by atoms with E-state index in [4.69, 9.17) is 10.2 Å². The lowest BCUT2D eigenvalue weighted by atomic mass is 9.96. The Hall–Kier alpha value is -2.69. The van der Waals surface area contributed by atoms with Crippen LogP contribution in [0.25, 0.3) is 0 Å². The topological polar surface area (TPSA) is 174 Å². The first-order chi connectivity index (χ1) is 11.1. The zero-order chi connectivity index (χ0) is 18.9. The second kappa shape index (κ2) is 9.45. The Morgan fingerprint density at radius 1 is 0.958 bits per heavy atom. The molecule has 0 saturated carbocycles. The van der Waals surface area contributed by atoms with Crippen molar-refractivity contribution in [2.24, 2.45) is 5.92 Å². The molecule has 136 valence electrons. The van der Waals surface area contributed by atoms with Crippen molar-refractivity contribution in [3.05, 3.63) is 0 Å². The molecule has 0 aromatic carbocycles. The molecule has 1 atom stereocenters. The van der Waals surface area contributed by atoms with Gasteiger partial charge in [-0.15, -0.1) is 0 Å². The van der Waals surface area contributed by atoms with Crippen molar-refractivity contribution in [1.29, 1.82) is 0 Å². The minimum Gasteiger partial charge on any atom is -0.481 e. The molecule has 0 aliphatic rings. The normalized spacial score (nSPS) is 12.8. The van der Waals surface area contributed by atoms with Gasteiger partial charge in [-0.3, -0.25) is 19.2 Å². The molecule has 0 heterocycles. The van der Waals surface area contributed by atoms with Gasteiger partial charge in [0.25, 0.3) is 0 Å². The molecule has 0 spiro atoms. The zero-order valence-electron chi connectivity index (χ0n) is 13.0. The Balaban J connectivity index is 4.66. The molecule has 0 rings (SSSR count). The van der Waals surface area contributed by atoms with Gasteiger partial charge in [-0.25, -0.2) is 4.79 Å². The molecule has 0 amide bonds. The molecule has 0 aliphatic carbocycles. The number of esters is 3. The Kier molecular flexibility index (Phi) is 8.39. The summed E-state index contributed by atoms with van der Waals surface area (Å²) in [5.41, 5.74) is -2.83. The number of carbonyl (C=O) groups is 5. The molecule has 24 heavy (non-hydrogen) atoms. The standard InChI is InChI=1S/C13H18O11/c1-22-10(17)7(11(18)23-2)3-4-24-9(16)6-13(21,12(19)20)5-8(14)15/h7,21H,3-6H2,1-2H3,(H,14,15)(H,19,20). The summed E-state index contributed by atoms with van der Waals surface area (Å²) in [6.07, 6.45) is -2.62. The second-order valence-electron chi connectivity index (χ2n) is 4.69. The molecule has 0 aromatic heterocycles. The van der Waals surface area contributed by atoms with Gasteiger partial charge in [0.15, 0.2) is 11.5 Å². The average Bonchev–Trinajstić information content (AvgIpc) is 2.49. The molecule has 0 radical (unpaired) electrons. The highest BCUT2D eigenvalue weighted by Gasteiger charge is 2.41. The van der Waals surface area contributed by atoms with E-state index in [1.54, 1.807) is 0 Å². The number of methoxy groups -OCH3 is 2. The number of aliphatic carboxylic acids is 2. The third-order valence-electron chi connectivity index (χ3n) is 2.92.